The summed E-state index contributed by atoms with van der Waals surface area (Å²) in [4.78, 5) is 14.5. The van der Waals surface area contributed by atoms with Crippen molar-refractivity contribution in [3.63, 3.8) is 0 Å². The molecule has 0 aliphatic rings. The Morgan fingerprint density at radius 2 is 2.37 bits per heavy atom. The van der Waals surface area contributed by atoms with Gasteiger partial charge < -0.3 is 20.1 Å². The number of carbonyl (C=O) groups is 1. The van der Waals surface area contributed by atoms with E-state index < -0.39 is 6.10 Å². The molecule has 2 rings (SSSR count). The van der Waals surface area contributed by atoms with E-state index in [4.69, 9.17) is 16.3 Å². The van der Waals surface area contributed by atoms with Gasteiger partial charge in [0.2, 0.25) is 0 Å². The Labute approximate surface area is 115 Å². The quantitative estimate of drug-likeness (QED) is 0.579. The topological polar surface area (TPSA) is 74.4 Å². The van der Waals surface area contributed by atoms with E-state index in [1.165, 1.54) is 7.11 Å². The predicted molar refractivity (Wildman–Crippen MR) is 74.9 cm³/mol. The van der Waals surface area contributed by atoms with Crippen LogP contribution < -0.4 is 5.32 Å². The first-order valence-electron chi connectivity index (χ1n) is 5.83. The fourth-order valence-corrected chi connectivity index (χ4v) is 1.91. The van der Waals surface area contributed by atoms with Gasteiger partial charge in [-0.25, -0.2) is 4.79 Å². The number of halogens is 1. The summed E-state index contributed by atoms with van der Waals surface area (Å²) >= 11 is 5.52. The molecule has 1 atom stereocenters. The zero-order valence-corrected chi connectivity index (χ0v) is 11.2. The van der Waals surface area contributed by atoms with Crippen LogP contribution in [0.25, 0.3) is 10.9 Å². The Hall–Kier alpha value is -1.72. The number of alkyl halides is 1. The SMILES string of the molecule is COC(=O)c1c[nH]c2cc(NCC(O)CCl)ccc12. The van der Waals surface area contributed by atoms with Gasteiger partial charge in [0.1, 0.15) is 0 Å². The summed E-state index contributed by atoms with van der Waals surface area (Å²) in [5.74, 6) is -0.186. The van der Waals surface area contributed by atoms with Crippen LogP contribution in [0, 0.1) is 0 Å². The number of H-pyrrole nitrogens is 1. The molecule has 0 aliphatic carbocycles. The zero-order valence-electron chi connectivity index (χ0n) is 10.4. The van der Waals surface area contributed by atoms with Crippen LogP contribution in [0.1, 0.15) is 10.4 Å². The van der Waals surface area contributed by atoms with E-state index in [-0.39, 0.29) is 11.8 Å². The van der Waals surface area contributed by atoms with Crippen LogP contribution in [0.3, 0.4) is 0 Å². The maximum atomic E-state index is 11.5. The second-order valence-corrected chi connectivity index (χ2v) is 4.45. The molecular formula is C13H15ClN2O3. The summed E-state index contributed by atoms with van der Waals surface area (Å²) in [6, 6.07) is 5.53. The number of methoxy groups -OCH3 is 1. The van der Waals surface area contributed by atoms with Crippen LogP contribution in [0.15, 0.2) is 24.4 Å². The molecule has 0 fully saturated rings. The van der Waals surface area contributed by atoms with Crippen LogP contribution in [0.4, 0.5) is 5.69 Å². The number of anilines is 1. The van der Waals surface area contributed by atoms with Crippen LogP contribution in [-0.4, -0.2) is 41.7 Å². The molecule has 6 heteroatoms. The summed E-state index contributed by atoms with van der Waals surface area (Å²) in [7, 11) is 1.35. The van der Waals surface area contributed by atoms with E-state index in [1.807, 2.05) is 18.2 Å². The third-order valence-corrected chi connectivity index (χ3v) is 3.16. The second kappa shape index (κ2) is 5.95. The highest BCUT2D eigenvalue weighted by molar-refractivity contribution is 6.18. The summed E-state index contributed by atoms with van der Waals surface area (Å²) < 4.78 is 4.70. The lowest BCUT2D eigenvalue weighted by Gasteiger charge is -2.10. The fourth-order valence-electron chi connectivity index (χ4n) is 1.81. The first-order chi connectivity index (χ1) is 9.15. The van der Waals surface area contributed by atoms with E-state index in [9.17, 15) is 9.90 Å². The smallest absolute Gasteiger partial charge is 0.340 e. The highest BCUT2D eigenvalue weighted by Gasteiger charge is 2.12. The number of benzene rings is 1. The second-order valence-electron chi connectivity index (χ2n) is 4.14. The van der Waals surface area contributed by atoms with Gasteiger partial charge in [-0.15, -0.1) is 11.6 Å². The summed E-state index contributed by atoms with van der Waals surface area (Å²) in [6.45, 7) is 0.375. The lowest BCUT2D eigenvalue weighted by molar-refractivity contribution is 0.0603. The Morgan fingerprint density at radius 3 is 3.05 bits per heavy atom. The maximum absolute atomic E-state index is 11.5. The standard InChI is InChI=1S/C13H15ClN2O3/c1-19-13(18)11-7-16-12-4-8(2-3-10(11)12)15-6-9(17)5-14/h2-4,7,9,15-17H,5-6H2,1H3. The van der Waals surface area contributed by atoms with Gasteiger partial charge in [-0.2, -0.15) is 0 Å². The van der Waals surface area contributed by atoms with Crippen molar-refractivity contribution in [2.45, 2.75) is 6.10 Å². The van der Waals surface area contributed by atoms with Crippen LogP contribution in [0.5, 0.6) is 0 Å². The summed E-state index contributed by atoms with van der Waals surface area (Å²) in [5.41, 5.74) is 2.17. The number of fused-ring (bicyclic) bond motifs is 1. The Morgan fingerprint density at radius 1 is 1.58 bits per heavy atom. The number of esters is 1. The molecule has 0 aliphatic heterocycles. The molecule has 1 heterocycles. The molecule has 0 saturated carbocycles. The van der Waals surface area contributed by atoms with Crippen molar-refractivity contribution in [3.05, 3.63) is 30.0 Å². The average Bonchev–Trinajstić information content (AvgIpc) is 2.86. The minimum Gasteiger partial charge on any atom is -0.465 e. The lowest BCUT2D eigenvalue weighted by Crippen LogP contribution is -2.20. The van der Waals surface area contributed by atoms with E-state index in [0.717, 1.165) is 16.6 Å². The van der Waals surface area contributed by atoms with E-state index in [2.05, 4.69) is 10.3 Å². The number of nitrogens with one attached hydrogen (secondary N) is 2. The van der Waals surface area contributed by atoms with Crippen LogP contribution in [0.2, 0.25) is 0 Å². The first-order valence-corrected chi connectivity index (χ1v) is 6.36. The van der Waals surface area contributed by atoms with Gasteiger partial charge in [0, 0.05) is 29.3 Å². The number of hydrogen-bond donors (Lipinski definition) is 3. The molecule has 1 aromatic heterocycles. The van der Waals surface area contributed by atoms with Crippen molar-refractivity contribution in [2.75, 3.05) is 24.9 Å². The minimum absolute atomic E-state index is 0.185. The highest BCUT2D eigenvalue weighted by atomic mass is 35.5. The van der Waals surface area contributed by atoms with Crippen molar-refractivity contribution in [1.29, 1.82) is 0 Å². The predicted octanol–water partition coefficient (Wildman–Crippen LogP) is 1.97. The molecule has 1 aromatic carbocycles. The molecule has 102 valence electrons. The normalized spacial score (nSPS) is 12.4. The van der Waals surface area contributed by atoms with E-state index in [1.54, 1.807) is 6.20 Å². The Balaban J connectivity index is 2.20. The highest BCUT2D eigenvalue weighted by Crippen LogP contribution is 2.22. The monoisotopic (exact) mass is 282 g/mol. The fraction of sp³-hybridized carbons (Fsp3) is 0.308. The van der Waals surface area contributed by atoms with E-state index in [0.29, 0.717) is 12.1 Å². The van der Waals surface area contributed by atoms with Crippen molar-refractivity contribution < 1.29 is 14.6 Å². The third kappa shape index (κ3) is 3.00. The molecule has 0 saturated heterocycles. The van der Waals surface area contributed by atoms with Crippen LogP contribution in [-0.2, 0) is 4.74 Å². The molecule has 0 bridgehead atoms. The Kier molecular flexibility index (Phi) is 4.29. The number of rotatable bonds is 5. The third-order valence-electron chi connectivity index (χ3n) is 2.81. The largest absolute Gasteiger partial charge is 0.465 e. The number of aromatic amines is 1. The lowest BCUT2D eigenvalue weighted by atomic mass is 10.1. The van der Waals surface area contributed by atoms with E-state index >= 15 is 0 Å². The van der Waals surface area contributed by atoms with Gasteiger partial charge in [0.05, 0.1) is 24.7 Å². The van der Waals surface area contributed by atoms with Crippen LogP contribution >= 0.6 is 11.6 Å². The van der Waals surface area contributed by atoms with Crippen molar-refractivity contribution >= 4 is 34.2 Å². The molecule has 0 spiro atoms. The van der Waals surface area contributed by atoms with Gasteiger partial charge in [-0.3, -0.25) is 0 Å². The van der Waals surface area contributed by atoms with Gasteiger partial charge in [-0.05, 0) is 18.2 Å². The maximum Gasteiger partial charge on any atom is 0.340 e. The first kappa shape index (κ1) is 13.7. The number of aliphatic hydroxyl groups is 1. The molecule has 2 aromatic rings. The Bertz CT molecular complexity index is 582. The molecule has 0 amide bonds. The number of aliphatic hydroxyl groups excluding tert-OH is 1. The zero-order chi connectivity index (χ0) is 13.8. The molecule has 1 unspecified atom stereocenters. The van der Waals surface area contributed by atoms with Gasteiger partial charge in [0.15, 0.2) is 0 Å². The van der Waals surface area contributed by atoms with Gasteiger partial charge in [-0.1, -0.05) is 0 Å². The van der Waals surface area contributed by atoms with Crippen molar-refractivity contribution in [1.82, 2.24) is 4.98 Å². The number of ether oxygens (including phenoxy) is 1. The van der Waals surface area contributed by atoms with Crippen molar-refractivity contribution in [3.8, 4) is 0 Å². The molecular weight excluding hydrogens is 268 g/mol. The molecule has 3 N–H and O–H groups in total. The number of aromatic nitrogens is 1. The van der Waals surface area contributed by atoms with Gasteiger partial charge in [0.25, 0.3) is 0 Å². The molecule has 19 heavy (non-hydrogen) atoms. The summed E-state index contributed by atoms with van der Waals surface area (Å²) in [6.07, 6.45) is 1.03. The number of hydrogen-bond acceptors (Lipinski definition) is 4. The van der Waals surface area contributed by atoms with Crippen molar-refractivity contribution in [2.24, 2.45) is 0 Å². The minimum atomic E-state index is -0.591. The molecule has 5 nitrogen and oxygen atoms in total. The number of carbonyl (C=O) groups excluding carboxylic acids is 1. The summed E-state index contributed by atoms with van der Waals surface area (Å²) in [5, 5.41) is 13.2. The molecule has 0 radical (unpaired) electrons. The van der Waals surface area contributed by atoms with Gasteiger partial charge >= 0.3 is 5.97 Å². The average molecular weight is 283 g/mol.